The van der Waals surface area contributed by atoms with E-state index >= 15 is 0 Å². The molecule has 0 radical (unpaired) electrons. The zero-order valence-corrected chi connectivity index (χ0v) is 12.2. The van der Waals surface area contributed by atoms with Crippen LogP contribution in [0, 0.1) is 0 Å². The van der Waals surface area contributed by atoms with Gasteiger partial charge in [-0.15, -0.1) is 0 Å². The minimum absolute atomic E-state index is 0.00689. The van der Waals surface area contributed by atoms with Gasteiger partial charge in [0, 0.05) is 35.4 Å². The maximum atomic E-state index is 12.7. The van der Waals surface area contributed by atoms with E-state index in [2.05, 4.69) is 30.4 Å². The Bertz CT molecular complexity index is 675. The zero-order valence-electron chi connectivity index (χ0n) is 12.2. The summed E-state index contributed by atoms with van der Waals surface area (Å²) < 4.78 is 0. The topological polar surface area (TPSA) is 44.4 Å². The lowest BCUT2D eigenvalue weighted by Crippen LogP contribution is -2.42. The van der Waals surface area contributed by atoms with Gasteiger partial charge in [0.05, 0.1) is 11.6 Å². The summed E-state index contributed by atoms with van der Waals surface area (Å²) in [6.45, 7) is 12.1. The van der Waals surface area contributed by atoms with Gasteiger partial charge in [-0.25, -0.2) is 0 Å². The number of hydrogen-bond acceptors (Lipinski definition) is 3. The highest BCUT2D eigenvalue weighted by molar-refractivity contribution is 6.09. The summed E-state index contributed by atoms with van der Waals surface area (Å²) in [5, 5.41) is 6.22. The number of carbonyl (C=O) groups is 1. The Morgan fingerprint density at radius 1 is 1.29 bits per heavy atom. The third-order valence-corrected chi connectivity index (χ3v) is 4.13. The molecule has 0 bridgehead atoms. The molecule has 0 aliphatic carbocycles. The minimum Gasteiger partial charge on any atom is -0.388 e. The molecule has 3 rings (SSSR count). The van der Waals surface area contributed by atoms with E-state index in [0.717, 1.165) is 41.2 Å². The van der Waals surface area contributed by atoms with Crippen molar-refractivity contribution in [1.29, 1.82) is 0 Å². The van der Waals surface area contributed by atoms with Crippen LogP contribution in [0.4, 0.5) is 5.69 Å². The Labute approximate surface area is 124 Å². The summed E-state index contributed by atoms with van der Waals surface area (Å²) >= 11 is 0. The Kier molecular flexibility index (Phi) is 3.09. The standard InChI is InChI=1S/C17H19N3O/c1-10-5-8-16(11(2)19-10)20-12(3)14-7-6-13(18-4)9-15(14)17(20)21/h6-7,9,16,18-19H,1-3,5,8H2,4H3. The number of anilines is 1. The molecule has 0 aromatic heterocycles. The fourth-order valence-electron chi connectivity index (χ4n) is 2.98. The van der Waals surface area contributed by atoms with Crippen LogP contribution in [-0.2, 0) is 0 Å². The molecule has 0 spiro atoms. The molecule has 21 heavy (non-hydrogen) atoms. The number of piperidine rings is 1. The number of amides is 1. The van der Waals surface area contributed by atoms with Crippen LogP contribution in [0.5, 0.6) is 0 Å². The molecule has 0 saturated carbocycles. The van der Waals surface area contributed by atoms with Crippen LogP contribution in [0.25, 0.3) is 5.70 Å². The number of fused-ring (bicyclic) bond motifs is 1. The van der Waals surface area contributed by atoms with Crippen molar-refractivity contribution >= 4 is 17.3 Å². The summed E-state index contributed by atoms with van der Waals surface area (Å²) in [5.74, 6) is -0.00689. The van der Waals surface area contributed by atoms with Gasteiger partial charge in [0.15, 0.2) is 0 Å². The van der Waals surface area contributed by atoms with Crippen molar-refractivity contribution in [3.05, 3.63) is 60.5 Å². The molecule has 1 fully saturated rings. The molecule has 2 N–H and O–H groups in total. The lowest BCUT2D eigenvalue weighted by Gasteiger charge is -2.35. The monoisotopic (exact) mass is 281 g/mol. The SMILES string of the molecule is C=C1CCC(N2C(=C)c3ccc(NC)cc3C2=O)C(=C)N1. The molecule has 1 amide bonds. The molecule has 108 valence electrons. The molecule has 2 aliphatic heterocycles. The lowest BCUT2D eigenvalue weighted by atomic mass is 10.0. The second kappa shape index (κ2) is 4.81. The van der Waals surface area contributed by atoms with Gasteiger partial charge >= 0.3 is 0 Å². The number of benzene rings is 1. The van der Waals surface area contributed by atoms with Gasteiger partial charge in [-0.05, 0) is 25.0 Å². The molecule has 1 aromatic carbocycles. The molecule has 4 heteroatoms. The smallest absolute Gasteiger partial charge is 0.259 e. The summed E-state index contributed by atoms with van der Waals surface area (Å²) in [4.78, 5) is 14.5. The van der Waals surface area contributed by atoms with E-state index in [-0.39, 0.29) is 11.9 Å². The van der Waals surface area contributed by atoms with Crippen molar-refractivity contribution < 1.29 is 4.79 Å². The first-order chi connectivity index (χ1) is 10.0. The minimum atomic E-state index is -0.0686. The maximum absolute atomic E-state index is 12.7. The van der Waals surface area contributed by atoms with E-state index in [0.29, 0.717) is 5.56 Å². The number of rotatable bonds is 2. The van der Waals surface area contributed by atoms with Crippen LogP contribution >= 0.6 is 0 Å². The maximum Gasteiger partial charge on any atom is 0.259 e. The van der Waals surface area contributed by atoms with Crippen LogP contribution in [-0.4, -0.2) is 23.9 Å². The van der Waals surface area contributed by atoms with Crippen LogP contribution in [0.1, 0.15) is 28.8 Å². The first-order valence-corrected chi connectivity index (χ1v) is 7.01. The predicted octanol–water partition coefficient (Wildman–Crippen LogP) is 2.93. The van der Waals surface area contributed by atoms with Gasteiger partial charge in [-0.1, -0.05) is 25.8 Å². The van der Waals surface area contributed by atoms with Gasteiger partial charge in [0.1, 0.15) is 0 Å². The predicted molar refractivity (Wildman–Crippen MR) is 85.6 cm³/mol. The Hall–Kier alpha value is -2.49. The third-order valence-electron chi connectivity index (χ3n) is 4.13. The quantitative estimate of drug-likeness (QED) is 0.876. The largest absolute Gasteiger partial charge is 0.388 e. The molecule has 1 atom stereocenters. The van der Waals surface area contributed by atoms with Crippen molar-refractivity contribution in [3.63, 3.8) is 0 Å². The van der Waals surface area contributed by atoms with Crippen LogP contribution in [0.2, 0.25) is 0 Å². The number of allylic oxidation sites excluding steroid dienone is 1. The molecule has 1 unspecified atom stereocenters. The molecule has 2 heterocycles. The van der Waals surface area contributed by atoms with E-state index in [1.165, 1.54) is 0 Å². The lowest BCUT2D eigenvalue weighted by molar-refractivity contribution is 0.0809. The fraction of sp³-hybridized carbons (Fsp3) is 0.235. The summed E-state index contributed by atoms with van der Waals surface area (Å²) in [5.41, 5.74) is 5.02. The number of nitrogens with zero attached hydrogens (tertiary/aromatic N) is 1. The van der Waals surface area contributed by atoms with E-state index in [4.69, 9.17) is 0 Å². The first kappa shape index (κ1) is 13.5. The van der Waals surface area contributed by atoms with E-state index in [9.17, 15) is 4.79 Å². The van der Waals surface area contributed by atoms with Crippen molar-refractivity contribution in [1.82, 2.24) is 10.2 Å². The van der Waals surface area contributed by atoms with Crippen molar-refractivity contribution in [2.45, 2.75) is 18.9 Å². The third kappa shape index (κ3) is 2.03. The van der Waals surface area contributed by atoms with Crippen molar-refractivity contribution in [2.24, 2.45) is 0 Å². The van der Waals surface area contributed by atoms with Crippen molar-refractivity contribution in [2.75, 3.05) is 12.4 Å². The molecular weight excluding hydrogens is 262 g/mol. The number of hydrogen-bond donors (Lipinski definition) is 2. The zero-order chi connectivity index (χ0) is 15.1. The average molecular weight is 281 g/mol. The van der Waals surface area contributed by atoms with Crippen molar-refractivity contribution in [3.8, 4) is 0 Å². The second-order valence-corrected chi connectivity index (χ2v) is 5.44. The summed E-state index contributed by atoms with van der Waals surface area (Å²) in [7, 11) is 1.84. The summed E-state index contributed by atoms with van der Waals surface area (Å²) in [6, 6.07) is 5.71. The molecule has 4 nitrogen and oxygen atoms in total. The Morgan fingerprint density at radius 2 is 2.05 bits per heavy atom. The van der Waals surface area contributed by atoms with E-state index in [1.54, 1.807) is 4.90 Å². The van der Waals surface area contributed by atoms with Crippen LogP contribution in [0.15, 0.2) is 49.3 Å². The Morgan fingerprint density at radius 3 is 2.71 bits per heavy atom. The first-order valence-electron chi connectivity index (χ1n) is 7.01. The van der Waals surface area contributed by atoms with Gasteiger partial charge in [0.25, 0.3) is 5.91 Å². The Balaban J connectivity index is 1.96. The highest BCUT2D eigenvalue weighted by Gasteiger charge is 2.38. The highest BCUT2D eigenvalue weighted by Crippen LogP contribution is 2.38. The molecule has 1 saturated heterocycles. The second-order valence-electron chi connectivity index (χ2n) is 5.44. The number of nitrogens with one attached hydrogen (secondary N) is 2. The molecular formula is C17H19N3O. The highest BCUT2D eigenvalue weighted by atomic mass is 16.2. The molecule has 2 aliphatic rings. The van der Waals surface area contributed by atoms with Crippen LogP contribution < -0.4 is 10.6 Å². The average Bonchev–Trinajstić information content (AvgIpc) is 2.71. The molecule has 1 aromatic rings. The normalized spacial score (nSPS) is 21.4. The van der Waals surface area contributed by atoms with E-state index < -0.39 is 0 Å². The fourth-order valence-corrected chi connectivity index (χ4v) is 2.98. The van der Waals surface area contributed by atoms with Gasteiger partial charge < -0.3 is 10.6 Å². The van der Waals surface area contributed by atoms with E-state index in [1.807, 2.05) is 25.2 Å². The van der Waals surface area contributed by atoms with Gasteiger partial charge in [0.2, 0.25) is 0 Å². The van der Waals surface area contributed by atoms with Crippen LogP contribution in [0.3, 0.4) is 0 Å². The van der Waals surface area contributed by atoms with Gasteiger partial charge in [-0.2, -0.15) is 0 Å². The van der Waals surface area contributed by atoms with Gasteiger partial charge in [-0.3, -0.25) is 9.69 Å². The number of carbonyl (C=O) groups excluding carboxylic acids is 1. The summed E-state index contributed by atoms with van der Waals surface area (Å²) in [6.07, 6.45) is 1.65.